The summed E-state index contributed by atoms with van der Waals surface area (Å²) in [6, 6.07) is 7.55. The lowest BCUT2D eigenvalue weighted by Crippen LogP contribution is -2.26. The molecule has 1 fully saturated rings. The summed E-state index contributed by atoms with van der Waals surface area (Å²) in [6.07, 6.45) is 3.15. The summed E-state index contributed by atoms with van der Waals surface area (Å²) in [6.45, 7) is 2.47. The first kappa shape index (κ1) is 18.5. The molecular formula is C16H24ClN3O2. The molecule has 1 atom stereocenters. The molecule has 1 aromatic carbocycles. The number of carbonyl (C=O) groups is 2. The van der Waals surface area contributed by atoms with Gasteiger partial charge in [-0.3, -0.25) is 9.59 Å². The Balaban J connectivity index is 0.00000242. The van der Waals surface area contributed by atoms with Gasteiger partial charge in [0.2, 0.25) is 11.8 Å². The van der Waals surface area contributed by atoms with Crippen LogP contribution in [-0.2, 0) is 9.59 Å². The molecule has 1 aliphatic rings. The highest BCUT2D eigenvalue weighted by Crippen LogP contribution is 2.30. The maximum atomic E-state index is 11.7. The van der Waals surface area contributed by atoms with Crippen LogP contribution >= 0.6 is 12.4 Å². The molecule has 0 aromatic heterocycles. The molecule has 4 N–H and O–H groups in total. The lowest BCUT2D eigenvalue weighted by molar-refractivity contribution is -0.121. The molecule has 0 spiro atoms. The Morgan fingerprint density at radius 1 is 1.27 bits per heavy atom. The van der Waals surface area contributed by atoms with Gasteiger partial charge in [-0.15, -0.1) is 12.4 Å². The molecule has 1 unspecified atom stereocenters. The fourth-order valence-electron chi connectivity index (χ4n) is 2.10. The van der Waals surface area contributed by atoms with E-state index in [4.69, 9.17) is 5.73 Å². The molecule has 1 aliphatic carbocycles. The van der Waals surface area contributed by atoms with Crippen LogP contribution in [0.15, 0.2) is 24.3 Å². The molecule has 2 rings (SSSR count). The number of carbonyl (C=O) groups excluding carboxylic acids is 2. The summed E-state index contributed by atoms with van der Waals surface area (Å²) >= 11 is 0. The summed E-state index contributed by atoms with van der Waals surface area (Å²) in [5.74, 6) is 0.315. The first-order valence-electron chi connectivity index (χ1n) is 7.50. The van der Waals surface area contributed by atoms with Crippen LogP contribution in [0, 0.1) is 5.92 Å². The normalized spacial score (nSPS) is 14.6. The zero-order chi connectivity index (χ0) is 15.2. The zero-order valence-electron chi connectivity index (χ0n) is 12.8. The Kier molecular flexibility index (Phi) is 7.35. The number of rotatable bonds is 7. The summed E-state index contributed by atoms with van der Waals surface area (Å²) in [7, 11) is 0. The molecule has 5 nitrogen and oxygen atoms in total. The van der Waals surface area contributed by atoms with Gasteiger partial charge in [0.25, 0.3) is 0 Å². The van der Waals surface area contributed by atoms with Gasteiger partial charge in [-0.1, -0.05) is 12.1 Å². The first-order chi connectivity index (χ1) is 10.1. The number of halogens is 1. The van der Waals surface area contributed by atoms with Crippen molar-refractivity contribution in [1.82, 2.24) is 5.32 Å². The van der Waals surface area contributed by atoms with Crippen LogP contribution in [0.4, 0.5) is 5.69 Å². The van der Waals surface area contributed by atoms with Crippen molar-refractivity contribution in [1.29, 1.82) is 0 Å². The van der Waals surface area contributed by atoms with E-state index in [1.54, 1.807) is 0 Å². The van der Waals surface area contributed by atoms with Gasteiger partial charge in [0.05, 0.1) is 6.04 Å². The number of anilines is 1. The molecule has 0 bridgehead atoms. The molecule has 2 amide bonds. The topological polar surface area (TPSA) is 84.2 Å². The van der Waals surface area contributed by atoms with E-state index < -0.39 is 0 Å². The van der Waals surface area contributed by atoms with E-state index in [-0.39, 0.29) is 36.2 Å². The quantitative estimate of drug-likeness (QED) is 0.719. The number of benzene rings is 1. The van der Waals surface area contributed by atoms with E-state index in [1.165, 1.54) is 0 Å². The lowest BCUT2D eigenvalue weighted by Gasteiger charge is -2.15. The number of nitrogens with two attached hydrogens (primary N) is 1. The molecule has 0 saturated heterocycles. The van der Waals surface area contributed by atoms with Crippen molar-refractivity contribution in [3.63, 3.8) is 0 Å². The van der Waals surface area contributed by atoms with Crippen molar-refractivity contribution in [2.45, 2.75) is 38.6 Å². The maximum Gasteiger partial charge on any atom is 0.227 e. The van der Waals surface area contributed by atoms with Crippen molar-refractivity contribution >= 4 is 29.9 Å². The third-order valence-electron chi connectivity index (χ3n) is 3.61. The Morgan fingerprint density at radius 3 is 2.45 bits per heavy atom. The Hall–Kier alpha value is -1.59. The minimum Gasteiger partial charge on any atom is -0.350 e. The molecular weight excluding hydrogens is 302 g/mol. The van der Waals surface area contributed by atoms with Crippen LogP contribution in [0.2, 0.25) is 0 Å². The van der Waals surface area contributed by atoms with Gasteiger partial charge >= 0.3 is 0 Å². The van der Waals surface area contributed by atoms with E-state index in [2.05, 4.69) is 10.6 Å². The highest BCUT2D eigenvalue weighted by Gasteiger charge is 2.29. The predicted octanol–water partition coefficient (Wildman–Crippen LogP) is 2.37. The Labute approximate surface area is 137 Å². The number of nitrogens with one attached hydrogen (secondary N) is 2. The Bertz CT molecular complexity index is 501. The minimum absolute atomic E-state index is 0. The number of hydrogen-bond donors (Lipinski definition) is 3. The van der Waals surface area contributed by atoms with Crippen LogP contribution in [0.25, 0.3) is 0 Å². The molecule has 0 heterocycles. The predicted molar refractivity (Wildman–Crippen MR) is 89.9 cm³/mol. The average molecular weight is 326 g/mol. The molecule has 0 aliphatic heterocycles. The second-order valence-electron chi connectivity index (χ2n) is 5.57. The largest absolute Gasteiger partial charge is 0.350 e. The highest BCUT2D eigenvalue weighted by atomic mass is 35.5. The fraction of sp³-hybridized carbons (Fsp3) is 0.500. The van der Waals surface area contributed by atoms with E-state index in [0.29, 0.717) is 19.4 Å². The molecule has 1 aromatic rings. The van der Waals surface area contributed by atoms with Crippen LogP contribution in [0.5, 0.6) is 0 Å². The Morgan fingerprint density at radius 2 is 1.91 bits per heavy atom. The highest BCUT2D eigenvalue weighted by molar-refractivity contribution is 5.94. The summed E-state index contributed by atoms with van der Waals surface area (Å²) < 4.78 is 0. The van der Waals surface area contributed by atoms with Gasteiger partial charge in [0.15, 0.2) is 0 Å². The van der Waals surface area contributed by atoms with E-state index in [9.17, 15) is 9.59 Å². The summed E-state index contributed by atoms with van der Waals surface area (Å²) in [5, 5.41) is 5.84. The SMILES string of the molecule is CC(NC(=O)CCCN)c1ccc(NC(=O)C2CC2)cc1.Cl. The second-order valence-corrected chi connectivity index (χ2v) is 5.57. The molecule has 122 valence electrons. The second kappa shape index (κ2) is 8.76. The molecule has 6 heteroatoms. The van der Waals surface area contributed by atoms with E-state index in [1.807, 2.05) is 31.2 Å². The van der Waals surface area contributed by atoms with Crippen molar-refractivity contribution in [2.24, 2.45) is 11.7 Å². The van der Waals surface area contributed by atoms with Crippen molar-refractivity contribution in [3.8, 4) is 0 Å². The smallest absolute Gasteiger partial charge is 0.227 e. The third-order valence-corrected chi connectivity index (χ3v) is 3.61. The van der Waals surface area contributed by atoms with Gasteiger partial charge in [-0.2, -0.15) is 0 Å². The van der Waals surface area contributed by atoms with Gasteiger partial charge in [0.1, 0.15) is 0 Å². The summed E-state index contributed by atoms with van der Waals surface area (Å²) in [4.78, 5) is 23.3. The van der Waals surface area contributed by atoms with Crippen LogP contribution in [0.3, 0.4) is 0 Å². The van der Waals surface area contributed by atoms with Gasteiger partial charge in [0, 0.05) is 18.0 Å². The fourth-order valence-corrected chi connectivity index (χ4v) is 2.10. The number of hydrogen-bond acceptors (Lipinski definition) is 3. The van der Waals surface area contributed by atoms with E-state index >= 15 is 0 Å². The van der Waals surface area contributed by atoms with Crippen molar-refractivity contribution < 1.29 is 9.59 Å². The zero-order valence-corrected chi connectivity index (χ0v) is 13.6. The lowest BCUT2D eigenvalue weighted by atomic mass is 10.1. The molecule has 0 radical (unpaired) electrons. The maximum absolute atomic E-state index is 11.7. The van der Waals surface area contributed by atoms with Gasteiger partial charge in [-0.25, -0.2) is 0 Å². The minimum atomic E-state index is -0.0524. The van der Waals surface area contributed by atoms with Crippen molar-refractivity contribution in [2.75, 3.05) is 11.9 Å². The average Bonchev–Trinajstić information content (AvgIpc) is 3.30. The van der Waals surface area contributed by atoms with Gasteiger partial charge < -0.3 is 16.4 Å². The third kappa shape index (κ3) is 5.66. The van der Waals surface area contributed by atoms with Crippen LogP contribution in [-0.4, -0.2) is 18.4 Å². The molecule has 22 heavy (non-hydrogen) atoms. The summed E-state index contributed by atoms with van der Waals surface area (Å²) in [5.41, 5.74) is 7.20. The molecule has 1 saturated carbocycles. The number of amides is 2. The van der Waals surface area contributed by atoms with Crippen molar-refractivity contribution in [3.05, 3.63) is 29.8 Å². The first-order valence-corrected chi connectivity index (χ1v) is 7.50. The van der Waals surface area contributed by atoms with Crippen LogP contribution < -0.4 is 16.4 Å². The van der Waals surface area contributed by atoms with E-state index in [0.717, 1.165) is 24.1 Å². The standard InChI is InChI=1S/C16H23N3O2.ClH/c1-11(18-15(20)3-2-10-17)12-6-8-14(9-7-12)19-16(21)13-4-5-13;/h6-9,11,13H,2-5,10,17H2,1H3,(H,18,20)(H,19,21);1H. The monoisotopic (exact) mass is 325 g/mol. The van der Waals surface area contributed by atoms with Crippen LogP contribution in [0.1, 0.15) is 44.2 Å². The van der Waals surface area contributed by atoms with Gasteiger partial charge in [-0.05, 0) is 50.4 Å².